The summed E-state index contributed by atoms with van der Waals surface area (Å²) in [6, 6.07) is 5.98. The molecule has 0 saturated heterocycles. The first-order valence-electron chi connectivity index (χ1n) is 4.82. The molecule has 2 rings (SSSR count). The molecule has 1 heterocycles. The smallest absolute Gasteiger partial charge is 0.248 e. The lowest BCUT2D eigenvalue weighted by Crippen LogP contribution is -1.86. The van der Waals surface area contributed by atoms with Gasteiger partial charge in [0.1, 0.15) is 5.38 Å². The number of halogens is 2. The van der Waals surface area contributed by atoms with Gasteiger partial charge in [0.15, 0.2) is 0 Å². The van der Waals surface area contributed by atoms with Crippen LogP contribution in [-0.4, -0.2) is 10.2 Å². The van der Waals surface area contributed by atoms with Crippen molar-refractivity contribution in [3.05, 3.63) is 33.2 Å². The molecule has 0 saturated carbocycles. The molecular formula is C11H10ClIN2O. The number of aromatic nitrogens is 2. The summed E-state index contributed by atoms with van der Waals surface area (Å²) in [6.07, 6.45) is 0. The first-order valence-corrected chi connectivity index (χ1v) is 6.34. The Morgan fingerprint density at radius 1 is 1.38 bits per heavy atom. The van der Waals surface area contributed by atoms with Gasteiger partial charge in [-0.25, -0.2) is 0 Å². The fraction of sp³-hybridized carbons (Fsp3) is 0.273. The van der Waals surface area contributed by atoms with Gasteiger partial charge in [0.25, 0.3) is 0 Å². The molecule has 84 valence electrons. The number of aryl methyl sites for hydroxylation is 1. The van der Waals surface area contributed by atoms with Crippen LogP contribution in [0.1, 0.15) is 23.8 Å². The summed E-state index contributed by atoms with van der Waals surface area (Å²) < 4.78 is 6.63. The van der Waals surface area contributed by atoms with E-state index >= 15 is 0 Å². The van der Waals surface area contributed by atoms with Crippen LogP contribution in [0, 0.1) is 10.5 Å². The van der Waals surface area contributed by atoms with E-state index in [2.05, 4.69) is 32.8 Å². The zero-order chi connectivity index (χ0) is 11.7. The third kappa shape index (κ3) is 2.22. The van der Waals surface area contributed by atoms with E-state index in [1.165, 1.54) is 5.56 Å². The zero-order valence-electron chi connectivity index (χ0n) is 8.87. The van der Waals surface area contributed by atoms with E-state index in [-0.39, 0.29) is 5.38 Å². The predicted octanol–water partition coefficient (Wildman–Crippen LogP) is 3.95. The molecule has 1 aromatic carbocycles. The molecule has 3 nitrogen and oxygen atoms in total. The van der Waals surface area contributed by atoms with Gasteiger partial charge >= 0.3 is 0 Å². The Balaban J connectivity index is 2.47. The maximum atomic E-state index is 5.88. The molecule has 5 heteroatoms. The molecule has 0 radical (unpaired) electrons. The van der Waals surface area contributed by atoms with Gasteiger partial charge in [0, 0.05) is 3.57 Å². The van der Waals surface area contributed by atoms with Crippen molar-refractivity contribution in [3.63, 3.8) is 0 Å². The third-order valence-corrected chi connectivity index (χ3v) is 3.82. The van der Waals surface area contributed by atoms with E-state index in [4.69, 9.17) is 16.0 Å². The van der Waals surface area contributed by atoms with Crippen molar-refractivity contribution < 1.29 is 4.42 Å². The van der Waals surface area contributed by atoms with Crippen molar-refractivity contribution in [2.75, 3.05) is 0 Å². The second-order valence-corrected chi connectivity index (χ2v) is 5.23. The molecule has 16 heavy (non-hydrogen) atoms. The molecule has 1 unspecified atom stereocenters. The van der Waals surface area contributed by atoms with Crippen molar-refractivity contribution in [1.29, 1.82) is 0 Å². The standard InChI is InChI=1S/C11H10ClIN2O/c1-6-4-3-5-8(9(6)13)11-15-14-10(16-11)7(2)12/h3-5,7H,1-2H3. The lowest BCUT2D eigenvalue weighted by molar-refractivity contribution is 0.507. The second-order valence-electron chi connectivity index (χ2n) is 3.50. The Morgan fingerprint density at radius 3 is 2.75 bits per heavy atom. The largest absolute Gasteiger partial charge is 0.419 e. The highest BCUT2D eigenvalue weighted by Gasteiger charge is 2.15. The topological polar surface area (TPSA) is 38.9 Å². The van der Waals surface area contributed by atoms with Crippen LogP contribution < -0.4 is 0 Å². The minimum Gasteiger partial charge on any atom is -0.419 e. The van der Waals surface area contributed by atoms with Crippen LogP contribution in [0.4, 0.5) is 0 Å². The summed E-state index contributed by atoms with van der Waals surface area (Å²) in [7, 11) is 0. The van der Waals surface area contributed by atoms with Gasteiger partial charge in [-0.3, -0.25) is 0 Å². The molecule has 0 fully saturated rings. The van der Waals surface area contributed by atoms with Crippen molar-refractivity contribution in [1.82, 2.24) is 10.2 Å². The van der Waals surface area contributed by atoms with Crippen LogP contribution in [0.5, 0.6) is 0 Å². The SMILES string of the molecule is Cc1cccc(-c2nnc(C(C)Cl)o2)c1I. The van der Waals surface area contributed by atoms with Crippen molar-refractivity contribution >= 4 is 34.2 Å². The number of hydrogen-bond acceptors (Lipinski definition) is 3. The summed E-state index contributed by atoms with van der Waals surface area (Å²) >= 11 is 8.15. The second kappa shape index (κ2) is 4.71. The van der Waals surface area contributed by atoms with Gasteiger partial charge < -0.3 is 4.42 Å². The summed E-state index contributed by atoms with van der Waals surface area (Å²) in [6.45, 7) is 3.85. The molecule has 0 aliphatic heterocycles. The normalized spacial score (nSPS) is 12.8. The van der Waals surface area contributed by atoms with Gasteiger partial charge in [0.05, 0.1) is 5.56 Å². The van der Waals surface area contributed by atoms with Gasteiger partial charge in [-0.1, -0.05) is 12.1 Å². The van der Waals surface area contributed by atoms with Gasteiger partial charge in [-0.15, -0.1) is 21.8 Å². The van der Waals surface area contributed by atoms with Crippen LogP contribution in [0.15, 0.2) is 22.6 Å². The molecule has 0 aliphatic rings. The van der Waals surface area contributed by atoms with E-state index < -0.39 is 0 Å². The summed E-state index contributed by atoms with van der Waals surface area (Å²) in [5.41, 5.74) is 2.15. The van der Waals surface area contributed by atoms with Crippen molar-refractivity contribution in [2.24, 2.45) is 0 Å². The minimum absolute atomic E-state index is 0.260. The Bertz CT molecular complexity index is 510. The third-order valence-electron chi connectivity index (χ3n) is 2.20. The maximum absolute atomic E-state index is 5.88. The highest BCUT2D eigenvalue weighted by atomic mass is 127. The Morgan fingerprint density at radius 2 is 2.12 bits per heavy atom. The van der Waals surface area contributed by atoms with Crippen LogP contribution >= 0.6 is 34.2 Å². The predicted molar refractivity (Wildman–Crippen MR) is 71.5 cm³/mol. The highest BCUT2D eigenvalue weighted by Crippen LogP contribution is 2.28. The van der Waals surface area contributed by atoms with E-state index in [1.807, 2.05) is 25.1 Å². The quantitative estimate of drug-likeness (QED) is 0.609. The van der Waals surface area contributed by atoms with E-state index in [0.29, 0.717) is 11.8 Å². The van der Waals surface area contributed by atoms with E-state index in [9.17, 15) is 0 Å². The number of alkyl halides is 1. The van der Waals surface area contributed by atoms with Gasteiger partial charge in [-0.05, 0) is 48.1 Å². The monoisotopic (exact) mass is 348 g/mol. The van der Waals surface area contributed by atoms with Crippen LogP contribution in [-0.2, 0) is 0 Å². The first-order chi connectivity index (χ1) is 7.59. The van der Waals surface area contributed by atoms with Crippen LogP contribution in [0.2, 0.25) is 0 Å². The molecule has 1 atom stereocenters. The molecule has 1 aromatic heterocycles. The molecule has 0 bridgehead atoms. The molecule has 0 N–H and O–H groups in total. The van der Waals surface area contributed by atoms with E-state index in [1.54, 1.807) is 6.92 Å². The minimum atomic E-state index is -0.260. The van der Waals surface area contributed by atoms with Crippen molar-refractivity contribution in [3.8, 4) is 11.5 Å². The molecule has 0 aliphatic carbocycles. The van der Waals surface area contributed by atoms with Gasteiger partial charge in [0.2, 0.25) is 11.8 Å². The van der Waals surface area contributed by atoms with Crippen molar-refractivity contribution in [2.45, 2.75) is 19.2 Å². The summed E-state index contributed by atoms with van der Waals surface area (Å²) in [5.74, 6) is 0.976. The first kappa shape index (κ1) is 11.9. The average molecular weight is 349 g/mol. The zero-order valence-corrected chi connectivity index (χ0v) is 11.8. The number of rotatable bonds is 2. The van der Waals surface area contributed by atoms with Gasteiger partial charge in [-0.2, -0.15) is 0 Å². The molecular weight excluding hydrogens is 338 g/mol. The maximum Gasteiger partial charge on any atom is 0.248 e. The fourth-order valence-corrected chi connectivity index (χ4v) is 2.00. The summed E-state index contributed by atoms with van der Waals surface area (Å²) in [4.78, 5) is 0. The number of benzene rings is 1. The van der Waals surface area contributed by atoms with Crippen LogP contribution in [0.25, 0.3) is 11.5 Å². The van der Waals surface area contributed by atoms with E-state index in [0.717, 1.165) is 9.13 Å². The Labute approximate surface area is 112 Å². The Hall–Kier alpha value is -0.620. The fourth-order valence-electron chi connectivity index (χ4n) is 1.32. The Kier molecular flexibility index (Phi) is 3.49. The lowest BCUT2D eigenvalue weighted by Gasteiger charge is -2.02. The molecule has 0 spiro atoms. The molecule has 2 aromatic rings. The van der Waals surface area contributed by atoms with Crippen LogP contribution in [0.3, 0.4) is 0 Å². The molecule has 0 amide bonds. The summed E-state index contributed by atoms with van der Waals surface area (Å²) in [5, 5.41) is 7.65. The lowest BCUT2D eigenvalue weighted by atomic mass is 10.1. The highest BCUT2D eigenvalue weighted by molar-refractivity contribution is 14.1. The average Bonchev–Trinajstić information content (AvgIpc) is 2.71. The number of hydrogen-bond donors (Lipinski definition) is 0. The number of nitrogens with zero attached hydrogens (tertiary/aromatic N) is 2.